The second-order valence-electron chi connectivity index (χ2n) is 6.01. The van der Waals surface area contributed by atoms with Gasteiger partial charge in [0.25, 0.3) is 0 Å². The third-order valence-corrected chi connectivity index (χ3v) is 5.03. The molecule has 0 aliphatic heterocycles. The third-order valence-electron chi connectivity index (χ3n) is 4.57. The summed E-state index contributed by atoms with van der Waals surface area (Å²) in [6, 6.07) is 12.9. The second-order valence-corrected chi connectivity index (χ2v) is 6.38. The lowest BCUT2D eigenvalue weighted by molar-refractivity contribution is 0.592. The fourth-order valence-electron chi connectivity index (χ4n) is 3.24. The lowest BCUT2D eigenvalue weighted by atomic mass is 9.83. The zero-order chi connectivity index (χ0) is 15.4. The molecule has 1 aromatic heterocycles. The first-order chi connectivity index (χ1) is 10.8. The van der Waals surface area contributed by atoms with Gasteiger partial charge in [-0.05, 0) is 55.2 Å². The number of hydrogen-bond donors (Lipinski definition) is 0. The van der Waals surface area contributed by atoms with Gasteiger partial charge in [0.05, 0.1) is 10.7 Å². The first-order valence-electron chi connectivity index (χ1n) is 8.13. The van der Waals surface area contributed by atoms with Crippen LogP contribution in [0.2, 0.25) is 5.02 Å². The predicted molar refractivity (Wildman–Crippen MR) is 93.4 cm³/mol. The summed E-state index contributed by atoms with van der Waals surface area (Å²) in [5.74, 6) is 0.670. The highest BCUT2D eigenvalue weighted by Crippen LogP contribution is 2.34. The highest BCUT2D eigenvalue weighted by Gasteiger charge is 2.17. The van der Waals surface area contributed by atoms with Crippen molar-refractivity contribution in [3.8, 4) is 0 Å². The van der Waals surface area contributed by atoms with E-state index in [1.807, 2.05) is 6.20 Å². The van der Waals surface area contributed by atoms with E-state index < -0.39 is 0 Å². The van der Waals surface area contributed by atoms with Gasteiger partial charge in [0, 0.05) is 6.20 Å². The first kappa shape index (κ1) is 15.3. The molecular weight excluding hydrogens is 290 g/mol. The molecule has 114 valence electrons. The summed E-state index contributed by atoms with van der Waals surface area (Å²) in [5, 5.41) is 0.857. The number of aromatic nitrogens is 1. The zero-order valence-corrected chi connectivity index (χ0v) is 13.8. The lowest BCUT2D eigenvalue weighted by Gasteiger charge is -2.22. The van der Waals surface area contributed by atoms with Crippen LogP contribution < -0.4 is 0 Å². The van der Waals surface area contributed by atoms with Gasteiger partial charge in [-0.25, -0.2) is 0 Å². The van der Waals surface area contributed by atoms with Crippen molar-refractivity contribution in [3.05, 3.63) is 76.1 Å². The zero-order valence-electron chi connectivity index (χ0n) is 13.1. The summed E-state index contributed by atoms with van der Waals surface area (Å²) in [6.07, 6.45) is 9.71. The van der Waals surface area contributed by atoms with Crippen LogP contribution in [0.1, 0.15) is 48.9 Å². The molecule has 1 atom stereocenters. The molecule has 0 fully saturated rings. The maximum absolute atomic E-state index is 6.46. The Balaban J connectivity index is 1.69. The Kier molecular flexibility index (Phi) is 4.94. The summed E-state index contributed by atoms with van der Waals surface area (Å²) < 4.78 is 0. The second kappa shape index (κ2) is 7.11. The van der Waals surface area contributed by atoms with Gasteiger partial charge < -0.3 is 0 Å². The Bertz CT molecular complexity index is 661. The van der Waals surface area contributed by atoms with Crippen molar-refractivity contribution in [2.75, 3.05) is 0 Å². The van der Waals surface area contributed by atoms with Crippen molar-refractivity contribution in [1.29, 1.82) is 0 Å². The fourth-order valence-corrected chi connectivity index (χ4v) is 3.55. The molecule has 0 bridgehead atoms. The molecule has 1 unspecified atom stereocenters. The smallest absolute Gasteiger partial charge is 0.0656 e. The van der Waals surface area contributed by atoms with Crippen molar-refractivity contribution in [1.82, 2.24) is 4.98 Å². The maximum Gasteiger partial charge on any atom is 0.0656 e. The van der Waals surface area contributed by atoms with Crippen LogP contribution in [0.3, 0.4) is 0 Å². The van der Waals surface area contributed by atoms with E-state index >= 15 is 0 Å². The van der Waals surface area contributed by atoms with E-state index in [1.54, 1.807) is 0 Å². The molecule has 2 aromatic rings. The number of pyridine rings is 1. The monoisotopic (exact) mass is 311 g/mol. The van der Waals surface area contributed by atoms with Gasteiger partial charge in [-0.15, -0.1) is 0 Å². The third kappa shape index (κ3) is 3.41. The average molecular weight is 312 g/mol. The van der Waals surface area contributed by atoms with Gasteiger partial charge in [0.1, 0.15) is 0 Å². The van der Waals surface area contributed by atoms with E-state index in [4.69, 9.17) is 11.6 Å². The van der Waals surface area contributed by atoms with Crippen molar-refractivity contribution >= 4 is 11.6 Å². The Morgan fingerprint density at radius 1 is 1.18 bits per heavy atom. The number of benzene rings is 1. The molecule has 1 aliphatic carbocycles. The van der Waals surface area contributed by atoms with Crippen LogP contribution in [0, 0.1) is 0 Å². The molecule has 22 heavy (non-hydrogen) atoms. The average Bonchev–Trinajstić information content (AvgIpc) is 2.58. The van der Waals surface area contributed by atoms with Crippen LogP contribution in [0.15, 0.2) is 54.2 Å². The molecule has 1 aromatic carbocycles. The SMILES string of the molecule is CCc1nccc(CC2=CCC(c3ccccc3)CC2)c1Cl. The van der Waals surface area contributed by atoms with Gasteiger partial charge in [-0.3, -0.25) is 4.98 Å². The Hall–Kier alpha value is -1.60. The molecule has 1 nitrogen and oxygen atoms in total. The van der Waals surface area contributed by atoms with Gasteiger partial charge in [0.2, 0.25) is 0 Å². The van der Waals surface area contributed by atoms with Crippen LogP contribution in [-0.4, -0.2) is 4.98 Å². The standard InChI is InChI=1S/C20H22ClN/c1-2-19-20(21)18(12-13-22-19)14-15-8-10-17(11-9-15)16-6-4-3-5-7-16/h3-8,12-13,17H,2,9-11,14H2,1H3. The molecule has 3 rings (SSSR count). The van der Waals surface area contributed by atoms with Gasteiger partial charge in [-0.1, -0.05) is 60.5 Å². The van der Waals surface area contributed by atoms with Gasteiger partial charge in [-0.2, -0.15) is 0 Å². The molecule has 0 saturated heterocycles. The number of halogens is 1. The van der Waals surface area contributed by atoms with Crippen molar-refractivity contribution in [3.63, 3.8) is 0 Å². The highest BCUT2D eigenvalue weighted by atomic mass is 35.5. The Morgan fingerprint density at radius 3 is 2.68 bits per heavy atom. The van der Waals surface area contributed by atoms with Crippen LogP contribution >= 0.6 is 11.6 Å². The molecule has 0 amide bonds. The van der Waals surface area contributed by atoms with E-state index in [2.05, 4.69) is 54.4 Å². The topological polar surface area (TPSA) is 12.9 Å². The van der Waals surface area contributed by atoms with Crippen LogP contribution in [-0.2, 0) is 12.8 Å². The van der Waals surface area contributed by atoms with Crippen molar-refractivity contribution < 1.29 is 0 Å². The van der Waals surface area contributed by atoms with Crippen LogP contribution in [0.25, 0.3) is 0 Å². The van der Waals surface area contributed by atoms with Gasteiger partial charge in [0.15, 0.2) is 0 Å². The summed E-state index contributed by atoms with van der Waals surface area (Å²) >= 11 is 6.46. The first-order valence-corrected chi connectivity index (χ1v) is 8.50. The molecule has 1 heterocycles. The van der Waals surface area contributed by atoms with E-state index in [0.717, 1.165) is 30.0 Å². The van der Waals surface area contributed by atoms with Gasteiger partial charge >= 0.3 is 0 Å². The molecule has 2 heteroatoms. The van der Waals surface area contributed by atoms with Crippen molar-refractivity contribution in [2.45, 2.75) is 44.9 Å². The number of aryl methyl sites for hydroxylation is 1. The molecule has 0 saturated carbocycles. The van der Waals surface area contributed by atoms with Crippen molar-refractivity contribution in [2.24, 2.45) is 0 Å². The minimum atomic E-state index is 0.670. The summed E-state index contributed by atoms with van der Waals surface area (Å²) in [4.78, 5) is 4.35. The van der Waals surface area contributed by atoms with E-state index in [9.17, 15) is 0 Å². The Morgan fingerprint density at radius 2 is 2.00 bits per heavy atom. The summed E-state index contributed by atoms with van der Waals surface area (Å²) in [5.41, 5.74) is 5.21. The summed E-state index contributed by atoms with van der Waals surface area (Å²) in [7, 11) is 0. The van der Waals surface area contributed by atoms with E-state index in [0.29, 0.717) is 5.92 Å². The molecular formula is C20H22ClN. The number of rotatable bonds is 4. The quantitative estimate of drug-likeness (QED) is 0.657. The predicted octanol–water partition coefficient (Wildman–Crippen LogP) is 5.73. The maximum atomic E-state index is 6.46. The molecule has 0 spiro atoms. The molecule has 1 aliphatic rings. The minimum Gasteiger partial charge on any atom is -0.260 e. The molecule has 0 N–H and O–H groups in total. The van der Waals surface area contributed by atoms with E-state index in [-0.39, 0.29) is 0 Å². The lowest BCUT2D eigenvalue weighted by Crippen LogP contribution is -2.06. The fraction of sp³-hybridized carbons (Fsp3) is 0.350. The number of nitrogens with zero attached hydrogens (tertiary/aromatic N) is 1. The van der Waals surface area contributed by atoms with E-state index in [1.165, 1.54) is 29.5 Å². The minimum absolute atomic E-state index is 0.670. The summed E-state index contributed by atoms with van der Waals surface area (Å²) in [6.45, 7) is 2.10. The van der Waals surface area contributed by atoms with Crippen LogP contribution in [0.5, 0.6) is 0 Å². The molecule has 0 radical (unpaired) electrons. The normalized spacial score (nSPS) is 18.1. The largest absolute Gasteiger partial charge is 0.260 e. The number of hydrogen-bond acceptors (Lipinski definition) is 1. The number of allylic oxidation sites excluding steroid dienone is 2. The Labute approximate surface area is 138 Å². The van der Waals surface area contributed by atoms with Crippen LogP contribution in [0.4, 0.5) is 0 Å². The highest BCUT2D eigenvalue weighted by molar-refractivity contribution is 6.32.